The highest BCUT2D eigenvalue weighted by atomic mass is 16.5. The zero-order chi connectivity index (χ0) is 20.5. The van der Waals surface area contributed by atoms with Crippen LogP contribution in [0.3, 0.4) is 0 Å². The highest BCUT2D eigenvalue weighted by molar-refractivity contribution is 5.96. The van der Waals surface area contributed by atoms with E-state index in [9.17, 15) is 14.4 Å². The predicted molar refractivity (Wildman–Crippen MR) is 108 cm³/mol. The summed E-state index contributed by atoms with van der Waals surface area (Å²) in [5.41, 5.74) is 4.12. The summed E-state index contributed by atoms with van der Waals surface area (Å²) in [4.78, 5) is 35.3. The Kier molecular flexibility index (Phi) is 7.75. The van der Waals surface area contributed by atoms with Gasteiger partial charge in [-0.2, -0.15) is 0 Å². The molecule has 0 fully saturated rings. The monoisotopic (exact) mass is 382 g/mol. The molecule has 148 valence electrons. The van der Waals surface area contributed by atoms with Crippen molar-refractivity contribution < 1.29 is 19.1 Å². The van der Waals surface area contributed by atoms with Crippen molar-refractivity contribution in [2.75, 3.05) is 11.9 Å². The summed E-state index contributed by atoms with van der Waals surface area (Å²) in [7, 11) is 0. The number of aryl methyl sites for hydroxylation is 2. The van der Waals surface area contributed by atoms with Gasteiger partial charge in [0.2, 0.25) is 5.91 Å². The van der Waals surface area contributed by atoms with Crippen LogP contribution in [0.25, 0.3) is 0 Å². The third-order valence-electron chi connectivity index (χ3n) is 4.33. The van der Waals surface area contributed by atoms with Crippen molar-refractivity contribution in [3.8, 4) is 0 Å². The fourth-order valence-electron chi connectivity index (χ4n) is 2.78. The summed E-state index contributed by atoms with van der Waals surface area (Å²) in [6, 6.07) is 12.6. The molecule has 0 saturated carbocycles. The first-order valence-corrected chi connectivity index (χ1v) is 9.35. The minimum atomic E-state index is -0.569. The molecule has 0 spiro atoms. The molecule has 6 nitrogen and oxygen atoms in total. The van der Waals surface area contributed by atoms with E-state index in [1.54, 1.807) is 24.3 Å². The number of benzene rings is 2. The first kappa shape index (κ1) is 21.2. The molecule has 0 aromatic heterocycles. The maximum absolute atomic E-state index is 12.3. The van der Waals surface area contributed by atoms with Crippen molar-refractivity contribution >= 4 is 23.5 Å². The van der Waals surface area contributed by atoms with Gasteiger partial charge in [0.25, 0.3) is 5.91 Å². The van der Waals surface area contributed by atoms with E-state index in [0.29, 0.717) is 12.1 Å². The van der Waals surface area contributed by atoms with Crippen molar-refractivity contribution in [3.05, 3.63) is 64.7 Å². The van der Waals surface area contributed by atoms with Crippen LogP contribution in [0.1, 0.15) is 47.8 Å². The molecule has 6 heteroatoms. The lowest BCUT2D eigenvalue weighted by atomic mass is 10.0. The van der Waals surface area contributed by atoms with Crippen LogP contribution in [0.4, 0.5) is 5.69 Å². The molecule has 2 aromatic carbocycles. The van der Waals surface area contributed by atoms with Crippen LogP contribution in [-0.4, -0.2) is 24.4 Å². The fourth-order valence-corrected chi connectivity index (χ4v) is 2.78. The summed E-state index contributed by atoms with van der Waals surface area (Å²) in [5, 5.41) is 5.55. The van der Waals surface area contributed by atoms with E-state index < -0.39 is 5.97 Å². The Hall–Kier alpha value is -3.15. The number of ether oxygens (including phenoxy) is 1. The van der Waals surface area contributed by atoms with Crippen molar-refractivity contribution in [1.29, 1.82) is 0 Å². The van der Waals surface area contributed by atoms with Gasteiger partial charge in [-0.3, -0.25) is 9.59 Å². The zero-order valence-electron chi connectivity index (χ0n) is 16.5. The minimum absolute atomic E-state index is 0.120. The second-order valence-electron chi connectivity index (χ2n) is 6.39. The quantitative estimate of drug-likeness (QED) is 0.687. The number of para-hydroxylation sites is 1. The third kappa shape index (κ3) is 5.94. The molecule has 0 aliphatic carbocycles. The highest BCUT2D eigenvalue weighted by Crippen LogP contribution is 2.22. The summed E-state index contributed by atoms with van der Waals surface area (Å²) in [5.74, 6) is -1.06. The predicted octanol–water partition coefficient (Wildman–Crippen LogP) is 3.24. The number of rotatable bonds is 8. The van der Waals surface area contributed by atoms with Crippen molar-refractivity contribution in [1.82, 2.24) is 5.32 Å². The van der Waals surface area contributed by atoms with Crippen LogP contribution in [0.2, 0.25) is 0 Å². The van der Waals surface area contributed by atoms with Crippen molar-refractivity contribution in [3.63, 3.8) is 0 Å². The van der Waals surface area contributed by atoms with Gasteiger partial charge in [0, 0.05) is 19.2 Å². The maximum Gasteiger partial charge on any atom is 0.338 e. The van der Waals surface area contributed by atoms with E-state index in [2.05, 4.69) is 10.6 Å². The third-order valence-corrected chi connectivity index (χ3v) is 4.33. The maximum atomic E-state index is 12.3. The molecule has 2 rings (SSSR count). The van der Waals surface area contributed by atoms with E-state index in [4.69, 9.17) is 4.74 Å². The summed E-state index contributed by atoms with van der Waals surface area (Å²) >= 11 is 0. The van der Waals surface area contributed by atoms with Crippen molar-refractivity contribution in [2.24, 2.45) is 0 Å². The molecule has 0 aliphatic rings. The average molecular weight is 382 g/mol. The number of hydrogen-bond donors (Lipinski definition) is 2. The molecule has 0 unspecified atom stereocenters. The normalized spacial score (nSPS) is 10.2. The molecule has 2 aromatic rings. The van der Waals surface area contributed by atoms with Gasteiger partial charge in [-0.25, -0.2) is 4.79 Å². The topological polar surface area (TPSA) is 84.5 Å². The second-order valence-corrected chi connectivity index (χ2v) is 6.39. The van der Waals surface area contributed by atoms with Crippen LogP contribution in [0, 0.1) is 0 Å². The van der Waals surface area contributed by atoms with E-state index in [0.717, 1.165) is 35.2 Å². The first-order valence-electron chi connectivity index (χ1n) is 9.35. The lowest BCUT2D eigenvalue weighted by Crippen LogP contribution is -2.22. The van der Waals surface area contributed by atoms with Crippen LogP contribution in [0.15, 0.2) is 42.5 Å². The van der Waals surface area contributed by atoms with Gasteiger partial charge < -0.3 is 15.4 Å². The number of carbonyl (C=O) groups excluding carboxylic acids is 3. The molecule has 0 aliphatic heterocycles. The Morgan fingerprint density at radius 2 is 1.54 bits per heavy atom. The average Bonchev–Trinajstić information content (AvgIpc) is 2.71. The number of nitrogens with one attached hydrogen (secondary N) is 2. The van der Waals surface area contributed by atoms with E-state index in [1.165, 1.54) is 6.92 Å². The molecule has 0 heterocycles. The van der Waals surface area contributed by atoms with Gasteiger partial charge in [0.05, 0.1) is 5.56 Å². The molecule has 0 saturated heterocycles. The Morgan fingerprint density at radius 3 is 2.07 bits per heavy atom. The Bertz CT molecular complexity index is 822. The van der Waals surface area contributed by atoms with Gasteiger partial charge in [-0.05, 0) is 41.7 Å². The zero-order valence-corrected chi connectivity index (χ0v) is 16.5. The fraction of sp³-hybridized carbons (Fsp3) is 0.318. The Morgan fingerprint density at radius 1 is 0.929 bits per heavy atom. The molecule has 28 heavy (non-hydrogen) atoms. The molecular formula is C22H26N2O4. The molecule has 0 radical (unpaired) electrons. The second kappa shape index (κ2) is 10.3. The number of amides is 2. The van der Waals surface area contributed by atoms with Gasteiger partial charge >= 0.3 is 5.97 Å². The van der Waals surface area contributed by atoms with E-state index in [1.807, 2.05) is 32.0 Å². The smallest absolute Gasteiger partial charge is 0.338 e. The van der Waals surface area contributed by atoms with E-state index >= 15 is 0 Å². The molecular weight excluding hydrogens is 356 g/mol. The highest BCUT2D eigenvalue weighted by Gasteiger charge is 2.13. The van der Waals surface area contributed by atoms with Crippen LogP contribution >= 0.6 is 0 Å². The van der Waals surface area contributed by atoms with E-state index in [-0.39, 0.29) is 18.4 Å². The van der Waals surface area contributed by atoms with Gasteiger partial charge in [0.1, 0.15) is 0 Å². The summed E-state index contributed by atoms with van der Waals surface area (Å²) < 4.78 is 5.13. The first-order chi connectivity index (χ1) is 13.4. The lowest BCUT2D eigenvalue weighted by molar-refractivity contribution is -0.119. The molecule has 0 bridgehead atoms. The molecule has 0 atom stereocenters. The molecule has 2 N–H and O–H groups in total. The summed E-state index contributed by atoms with van der Waals surface area (Å²) in [6.45, 7) is 5.54. The number of carbonyl (C=O) groups is 3. The minimum Gasteiger partial charge on any atom is -0.452 e. The Balaban J connectivity index is 1.92. The van der Waals surface area contributed by atoms with Crippen LogP contribution in [0.5, 0.6) is 0 Å². The van der Waals surface area contributed by atoms with Gasteiger partial charge in [-0.15, -0.1) is 0 Å². The summed E-state index contributed by atoms with van der Waals surface area (Å²) in [6.07, 6.45) is 1.60. The number of anilines is 1. The standard InChI is InChI=1S/C22H26N2O4/c1-4-17-7-6-8-18(5-2)21(17)24-20(26)14-28-22(27)19-11-9-16(10-12-19)13-23-15(3)25/h6-12H,4-5,13-14H2,1-3H3,(H,23,25)(H,24,26). The lowest BCUT2D eigenvalue weighted by Gasteiger charge is -2.14. The Labute approximate surface area is 165 Å². The van der Waals surface area contributed by atoms with Gasteiger partial charge in [0.15, 0.2) is 6.61 Å². The van der Waals surface area contributed by atoms with Crippen LogP contribution < -0.4 is 10.6 Å². The van der Waals surface area contributed by atoms with Crippen LogP contribution in [-0.2, 0) is 33.7 Å². The number of esters is 1. The SMILES string of the molecule is CCc1cccc(CC)c1NC(=O)COC(=O)c1ccc(CNC(C)=O)cc1. The number of hydrogen-bond acceptors (Lipinski definition) is 4. The largest absolute Gasteiger partial charge is 0.452 e. The van der Waals surface area contributed by atoms with Gasteiger partial charge in [-0.1, -0.05) is 44.2 Å². The molecule has 2 amide bonds. The van der Waals surface area contributed by atoms with Crippen molar-refractivity contribution in [2.45, 2.75) is 40.2 Å².